The largest absolute Gasteiger partial charge is 0.311 e. The van der Waals surface area contributed by atoms with Crippen LogP contribution in [0.15, 0.2) is 291 Å². The number of hydrogen-bond acceptors (Lipinski definition) is 4. The maximum atomic E-state index is 2.37. The highest BCUT2D eigenvalue weighted by Gasteiger charge is 2.23. The Balaban J connectivity index is 0.746. The zero-order chi connectivity index (χ0) is 54.3. The standard InChI is InChI=1S/C78H54N4/c1-7-19-73-61(13-1)25-26-62-14-2-8-20-74(62)80(73)70-49-37-58(38-50-70)55-31-43-67(44-32-55)79(68-45-33-56(34-46-68)59-39-51-71(52-40-59)81-75-21-9-3-15-63(75)27-28-64-16-4-10-22-76(64)81)69-47-35-57(36-48-69)60-41-53-72(54-42-60)82-77-23-11-5-17-65(77)29-30-66-18-6-12-24-78(66)82/h1-54H. The molecule has 0 atom stereocenters. The molecule has 3 aliphatic rings. The van der Waals surface area contributed by atoms with Gasteiger partial charge in [-0.15, -0.1) is 0 Å². The van der Waals surface area contributed by atoms with E-state index in [2.05, 4.69) is 347 Å². The highest BCUT2D eigenvalue weighted by molar-refractivity contribution is 5.97. The topological polar surface area (TPSA) is 13.0 Å². The van der Waals surface area contributed by atoms with E-state index in [0.29, 0.717) is 0 Å². The Hall–Kier alpha value is -10.9. The van der Waals surface area contributed by atoms with Crippen molar-refractivity contribution in [1.29, 1.82) is 0 Å². The van der Waals surface area contributed by atoms with E-state index in [1.807, 2.05) is 0 Å². The predicted molar refractivity (Wildman–Crippen MR) is 348 cm³/mol. The molecule has 0 spiro atoms. The van der Waals surface area contributed by atoms with Crippen LogP contribution < -0.4 is 19.6 Å². The lowest BCUT2D eigenvalue weighted by atomic mass is 10.0. The molecule has 0 N–H and O–H groups in total. The molecule has 386 valence electrons. The molecule has 0 unspecified atom stereocenters. The summed E-state index contributed by atoms with van der Waals surface area (Å²) in [6.07, 6.45) is 13.3. The Morgan fingerprint density at radius 1 is 0.171 bits per heavy atom. The lowest BCUT2D eigenvalue weighted by Gasteiger charge is -2.28. The van der Waals surface area contributed by atoms with Crippen molar-refractivity contribution in [3.63, 3.8) is 0 Å². The molecule has 0 fully saturated rings. The summed E-state index contributed by atoms with van der Waals surface area (Å²) < 4.78 is 0. The van der Waals surface area contributed by atoms with Crippen LogP contribution in [-0.4, -0.2) is 0 Å². The van der Waals surface area contributed by atoms with E-state index >= 15 is 0 Å². The maximum absolute atomic E-state index is 2.37. The van der Waals surface area contributed by atoms with Crippen molar-refractivity contribution in [2.75, 3.05) is 19.6 Å². The summed E-state index contributed by atoms with van der Waals surface area (Å²) in [5.74, 6) is 0. The third-order valence-electron chi connectivity index (χ3n) is 16.1. The van der Waals surface area contributed by atoms with Gasteiger partial charge in [0.1, 0.15) is 0 Å². The summed E-state index contributed by atoms with van der Waals surface area (Å²) in [6, 6.07) is 106. The summed E-state index contributed by atoms with van der Waals surface area (Å²) in [4.78, 5) is 9.47. The van der Waals surface area contributed by atoms with Crippen LogP contribution in [0.3, 0.4) is 0 Å². The molecular weight excluding hydrogens is 993 g/mol. The lowest BCUT2D eigenvalue weighted by molar-refractivity contribution is 1.27. The van der Waals surface area contributed by atoms with Crippen molar-refractivity contribution in [1.82, 2.24) is 0 Å². The van der Waals surface area contributed by atoms with E-state index in [1.54, 1.807) is 0 Å². The van der Waals surface area contributed by atoms with Gasteiger partial charge < -0.3 is 19.6 Å². The third kappa shape index (κ3) is 8.86. The Morgan fingerprint density at radius 2 is 0.341 bits per heavy atom. The molecule has 4 heteroatoms. The van der Waals surface area contributed by atoms with E-state index in [9.17, 15) is 0 Å². The molecule has 15 rings (SSSR count). The zero-order valence-corrected chi connectivity index (χ0v) is 45.0. The second kappa shape index (κ2) is 20.7. The molecule has 4 nitrogen and oxygen atoms in total. The molecule has 0 aliphatic carbocycles. The van der Waals surface area contributed by atoms with E-state index < -0.39 is 0 Å². The molecule has 3 heterocycles. The van der Waals surface area contributed by atoms with Crippen molar-refractivity contribution in [2.45, 2.75) is 0 Å². The number of benzene rings is 12. The van der Waals surface area contributed by atoms with Gasteiger partial charge in [-0.25, -0.2) is 0 Å². The number of para-hydroxylation sites is 6. The molecule has 0 bridgehead atoms. The molecule has 0 saturated carbocycles. The first-order chi connectivity index (χ1) is 40.6. The predicted octanol–water partition coefficient (Wildman–Crippen LogP) is 22.0. The quantitative estimate of drug-likeness (QED) is 0.143. The SMILES string of the molecule is C1=Cc2ccccc2N(c2ccc(-c3ccc(N(c4ccc(-c5ccc(N6c7ccccc7C=Cc7ccccc76)cc5)cc4)c4ccc(-c5ccc(N6c7ccccc7C=Cc7ccccc76)cc5)cc4)cc3)cc2)c2ccccc21. The van der Waals surface area contributed by atoms with E-state index in [4.69, 9.17) is 0 Å². The number of hydrogen-bond donors (Lipinski definition) is 0. The van der Waals surface area contributed by atoms with Crippen molar-refractivity contribution >= 4 is 105 Å². The summed E-state index contributed by atoms with van der Waals surface area (Å²) >= 11 is 0. The number of nitrogens with zero attached hydrogens (tertiary/aromatic N) is 4. The minimum atomic E-state index is 1.07. The van der Waals surface area contributed by atoms with E-state index in [-0.39, 0.29) is 0 Å². The number of rotatable bonds is 9. The lowest BCUT2D eigenvalue weighted by Crippen LogP contribution is -2.11. The van der Waals surface area contributed by atoms with Crippen molar-refractivity contribution in [3.8, 4) is 33.4 Å². The fourth-order valence-corrected chi connectivity index (χ4v) is 12.0. The fraction of sp³-hybridized carbons (Fsp3) is 0. The Morgan fingerprint density at radius 3 is 0.537 bits per heavy atom. The highest BCUT2D eigenvalue weighted by Crippen LogP contribution is 2.47. The molecule has 0 aromatic heterocycles. The fourth-order valence-electron chi connectivity index (χ4n) is 12.0. The van der Waals surface area contributed by atoms with Crippen LogP contribution in [-0.2, 0) is 0 Å². The minimum Gasteiger partial charge on any atom is -0.311 e. The summed E-state index contributed by atoms with van der Waals surface area (Å²) in [6.45, 7) is 0. The van der Waals surface area contributed by atoms with Gasteiger partial charge in [-0.05, 0) is 176 Å². The van der Waals surface area contributed by atoms with Gasteiger partial charge in [-0.3, -0.25) is 0 Å². The van der Waals surface area contributed by atoms with E-state index in [1.165, 1.54) is 33.4 Å². The first-order valence-electron chi connectivity index (χ1n) is 28.1. The molecule has 0 amide bonds. The van der Waals surface area contributed by atoms with Crippen LogP contribution in [0.1, 0.15) is 33.4 Å². The van der Waals surface area contributed by atoms with Crippen LogP contribution in [0.2, 0.25) is 0 Å². The molecule has 0 radical (unpaired) electrons. The Kier molecular flexibility index (Phi) is 12.2. The second-order valence-corrected chi connectivity index (χ2v) is 21.0. The first-order valence-corrected chi connectivity index (χ1v) is 28.1. The van der Waals surface area contributed by atoms with Crippen LogP contribution in [0.4, 0.5) is 68.2 Å². The maximum Gasteiger partial charge on any atom is 0.0534 e. The normalized spacial score (nSPS) is 12.7. The monoisotopic (exact) mass is 1050 g/mol. The molecular formula is C78H54N4. The summed E-state index contributed by atoms with van der Waals surface area (Å²) in [7, 11) is 0. The zero-order valence-electron chi connectivity index (χ0n) is 45.0. The summed E-state index contributed by atoms with van der Waals surface area (Å²) in [5, 5.41) is 0. The van der Waals surface area contributed by atoms with Gasteiger partial charge >= 0.3 is 0 Å². The minimum absolute atomic E-state index is 1.07. The van der Waals surface area contributed by atoms with Crippen molar-refractivity contribution < 1.29 is 0 Å². The van der Waals surface area contributed by atoms with Crippen LogP contribution in [0.25, 0.3) is 69.8 Å². The number of fused-ring (bicyclic) bond motifs is 6. The third-order valence-corrected chi connectivity index (χ3v) is 16.1. The first kappa shape index (κ1) is 48.2. The Labute approximate surface area is 479 Å². The van der Waals surface area contributed by atoms with Gasteiger partial charge in [0.25, 0.3) is 0 Å². The molecule has 82 heavy (non-hydrogen) atoms. The average Bonchev–Trinajstić information content (AvgIpc) is 4.14. The molecule has 12 aromatic carbocycles. The summed E-state index contributed by atoms with van der Waals surface area (Å²) in [5.41, 5.74) is 27.6. The van der Waals surface area contributed by atoms with Crippen molar-refractivity contribution in [2.24, 2.45) is 0 Å². The molecule has 0 saturated heterocycles. The van der Waals surface area contributed by atoms with Gasteiger partial charge in [0, 0.05) is 34.1 Å². The van der Waals surface area contributed by atoms with Gasteiger partial charge in [0.15, 0.2) is 0 Å². The Bertz CT molecular complexity index is 3820. The number of anilines is 12. The average molecular weight is 1050 g/mol. The molecule has 3 aliphatic heterocycles. The van der Waals surface area contributed by atoms with Crippen LogP contribution >= 0.6 is 0 Å². The van der Waals surface area contributed by atoms with Gasteiger partial charge in [0.2, 0.25) is 0 Å². The van der Waals surface area contributed by atoms with Crippen LogP contribution in [0.5, 0.6) is 0 Å². The smallest absolute Gasteiger partial charge is 0.0534 e. The van der Waals surface area contributed by atoms with Gasteiger partial charge in [0.05, 0.1) is 34.1 Å². The van der Waals surface area contributed by atoms with Crippen LogP contribution in [0, 0.1) is 0 Å². The van der Waals surface area contributed by atoms with Gasteiger partial charge in [-0.1, -0.05) is 218 Å². The second-order valence-electron chi connectivity index (χ2n) is 21.0. The van der Waals surface area contributed by atoms with Gasteiger partial charge in [-0.2, -0.15) is 0 Å². The molecule has 12 aromatic rings. The van der Waals surface area contributed by atoms with Crippen molar-refractivity contribution in [3.05, 3.63) is 325 Å². The highest BCUT2D eigenvalue weighted by atomic mass is 15.2. The van der Waals surface area contributed by atoms with E-state index in [0.717, 1.165) is 102 Å².